The van der Waals surface area contributed by atoms with Gasteiger partial charge in [0.25, 0.3) is 5.91 Å². The number of carbonyl (C=O) groups is 1. The molecule has 0 aliphatic carbocycles. The average Bonchev–Trinajstić information content (AvgIpc) is 2.46. The molecule has 0 spiro atoms. The molecule has 2 aromatic rings. The van der Waals surface area contributed by atoms with Crippen molar-refractivity contribution in [2.75, 3.05) is 6.61 Å². The first kappa shape index (κ1) is 12.3. The molecule has 0 fully saturated rings. The van der Waals surface area contributed by atoms with E-state index in [0.717, 1.165) is 5.56 Å². The van der Waals surface area contributed by atoms with Crippen LogP contribution in [0.5, 0.6) is 0 Å². The van der Waals surface area contributed by atoms with Crippen molar-refractivity contribution in [2.45, 2.75) is 6.04 Å². The SMILES string of the molecule is O=C(N[C@@H](CO)c1ccccc1)c1ccncc1. The monoisotopic (exact) mass is 242 g/mol. The fourth-order valence-corrected chi connectivity index (χ4v) is 1.66. The maximum Gasteiger partial charge on any atom is 0.251 e. The summed E-state index contributed by atoms with van der Waals surface area (Å²) in [4.78, 5) is 15.8. The zero-order valence-corrected chi connectivity index (χ0v) is 9.78. The Balaban J connectivity index is 2.10. The summed E-state index contributed by atoms with van der Waals surface area (Å²) in [6, 6.07) is 12.2. The van der Waals surface area contributed by atoms with Crippen LogP contribution in [0.3, 0.4) is 0 Å². The van der Waals surface area contributed by atoms with Crippen LogP contribution in [0.2, 0.25) is 0 Å². The van der Waals surface area contributed by atoms with E-state index in [1.54, 1.807) is 24.5 Å². The van der Waals surface area contributed by atoms with Gasteiger partial charge in [-0.25, -0.2) is 0 Å². The number of aromatic nitrogens is 1. The van der Waals surface area contributed by atoms with E-state index in [9.17, 15) is 9.90 Å². The van der Waals surface area contributed by atoms with Crippen LogP contribution in [0.4, 0.5) is 0 Å². The number of aliphatic hydroxyl groups is 1. The summed E-state index contributed by atoms with van der Waals surface area (Å²) < 4.78 is 0. The van der Waals surface area contributed by atoms with Crippen LogP contribution in [0.25, 0.3) is 0 Å². The van der Waals surface area contributed by atoms with Gasteiger partial charge in [-0.15, -0.1) is 0 Å². The standard InChI is InChI=1S/C14H14N2O2/c17-10-13(11-4-2-1-3-5-11)16-14(18)12-6-8-15-9-7-12/h1-9,13,17H,10H2,(H,16,18)/t13-/m0/s1. The third-order valence-electron chi connectivity index (χ3n) is 2.63. The number of nitrogens with one attached hydrogen (secondary N) is 1. The van der Waals surface area contributed by atoms with Gasteiger partial charge in [0.05, 0.1) is 12.6 Å². The normalized spacial score (nSPS) is 11.8. The van der Waals surface area contributed by atoms with E-state index in [1.807, 2.05) is 30.3 Å². The molecule has 1 aromatic carbocycles. The lowest BCUT2D eigenvalue weighted by molar-refractivity contribution is 0.0916. The lowest BCUT2D eigenvalue weighted by Crippen LogP contribution is -2.30. The number of carbonyl (C=O) groups excluding carboxylic acids is 1. The highest BCUT2D eigenvalue weighted by Crippen LogP contribution is 2.12. The van der Waals surface area contributed by atoms with Gasteiger partial charge in [0, 0.05) is 18.0 Å². The first-order valence-electron chi connectivity index (χ1n) is 5.68. The molecule has 1 heterocycles. The molecule has 0 saturated carbocycles. The number of hydrogen-bond acceptors (Lipinski definition) is 3. The maximum atomic E-state index is 11.9. The van der Waals surface area contributed by atoms with Gasteiger partial charge in [0.15, 0.2) is 0 Å². The summed E-state index contributed by atoms with van der Waals surface area (Å²) >= 11 is 0. The highest BCUT2D eigenvalue weighted by atomic mass is 16.3. The lowest BCUT2D eigenvalue weighted by Gasteiger charge is -2.16. The minimum Gasteiger partial charge on any atom is -0.394 e. The van der Waals surface area contributed by atoms with Crippen molar-refractivity contribution < 1.29 is 9.90 Å². The maximum absolute atomic E-state index is 11.9. The molecule has 0 saturated heterocycles. The molecule has 0 bridgehead atoms. The minimum absolute atomic E-state index is 0.138. The third-order valence-corrected chi connectivity index (χ3v) is 2.63. The minimum atomic E-state index is -0.396. The van der Waals surface area contributed by atoms with Crippen LogP contribution in [-0.4, -0.2) is 22.6 Å². The van der Waals surface area contributed by atoms with E-state index in [1.165, 1.54) is 0 Å². The van der Waals surface area contributed by atoms with Gasteiger partial charge in [-0.3, -0.25) is 9.78 Å². The Hall–Kier alpha value is -2.20. The molecule has 1 amide bonds. The van der Waals surface area contributed by atoms with Crippen LogP contribution >= 0.6 is 0 Å². The van der Waals surface area contributed by atoms with Crippen molar-refractivity contribution >= 4 is 5.91 Å². The van der Waals surface area contributed by atoms with E-state index in [4.69, 9.17) is 0 Å². The lowest BCUT2D eigenvalue weighted by atomic mass is 10.1. The number of nitrogens with zero attached hydrogens (tertiary/aromatic N) is 1. The molecule has 4 nitrogen and oxygen atoms in total. The average molecular weight is 242 g/mol. The van der Waals surface area contributed by atoms with E-state index in [2.05, 4.69) is 10.3 Å². The highest BCUT2D eigenvalue weighted by molar-refractivity contribution is 5.94. The number of aliphatic hydroxyl groups excluding tert-OH is 1. The van der Waals surface area contributed by atoms with Gasteiger partial charge in [-0.2, -0.15) is 0 Å². The predicted molar refractivity (Wildman–Crippen MR) is 68.0 cm³/mol. The van der Waals surface area contributed by atoms with Crippen molar-refractivity contribution in [1.29, 1.82) is 0 Å². The van der Waals surface area contributed by atoms with Crippen LogP contribution < -0.4 is 5.32 Å². The van der Waals surface area contributed by atoms with Crippen molar-refractivity contribution in [3.05, 3.63) is 66.0 Å². The second-order valence-electron chi connectivity index (χ2n) is 3.86. The second-order valence-corrected chi connectivity index (χ2v) is 3.86. The largest absolute Gasteiger partial charge is 0.394 e. The molecular formula is C14H14N2O2. The topological polar surface area (TPSA) is 62.2 Å². The summed E-state index contributed by atoms with van der Waals surface area (Å²) in [6.45, 7) is -0.138. The number of rotatable bonds is 4. The van der Waals surface area contributed by atoms with Gasteiger partial charge in [-0.05, 0) is 17.7 Å². The second kappa shape index (κ2) is 5.93. The van der Waals surface area contributed by atoms with Gasteiger partial charge in [-0.1, -0.05) is 30.3 Å². The molecule has 1 aromatic heterocycles. The van der Waals surface area contributed by atoms with Crippen molar-refractivity contribution in [3.63, 3.8) is 0 Å². The summed E-state index contributed by atoms with van der Waals surface area (Å²) in [5, 5.41) is 12.1. The van der Waals surface area contributed by atoms with Crippen LogP contribution in [0, 0.1) is 0 Å². The molecule has 92 valence electrons. The molecule has 2 N–H and O–H groups in total. The Kier molecular flexibility index (Phi) is 4.04. The molecular weight excluding hydrogens is 228 g/mol. The van der Waals surface area contributed by atoms with Crippen molar-refractivity contribution in [1.82, 2.24) is 10.3 Å². The van der Waals surface area contributed by atoms with Crippen molar-refractivity contribution in [3.8, 4) is 0 Å². The summed E-state index contributed by atoms with van der Waals surface area (Å²) in [6.07, 6.45) is 3.12. The highest BCUT2D eigenvalue weighted by Gasteiger charge is 2.14. The molecule has 0 aliphatic heterocycles. The fraction of sp³-hybridized carbons (Fsp3) is 0.143. The molecule has 2 rings (SSSR count). The first-order chi connectivity index (χ1) is 8.81. The first-order valence-corrected chi connectivity index (χ1v) is 5.68. The molecule has 18 heavy (non-hydrogen) atoms. The Labute approximate surface area is 105 Å². The van der Waals surface area contributed by atoms with Crippen LogP contribution in [-0.2, 0) is 0 Å². The Morgan fingerprint density at radius 1 is 1.17 bits per heavy atom. The molecule has 4 heteroatoms. The zero-order valence-electron chi connectivity index (χ0n) is 9.78. The molecule has 0 unspecified atom stereocenters. The van der Waals surface area contributed by atoms with E-state index >= 15 is 0 Å². The Morgan fingerprint density at radius 2 is 1.83 bits per heavy atom. The third kappa shape index (κ3) is 2.93. The van der Waals surface area contributed by atoms with Gasteiger partial charge >= 0.3 is 0 Å². The predicted octanol–water partition coefficient (Wildman–Crippen LogP) is 1.55. The smallest absolute Gasteiger partial charge is 0.251 e. The van der Waals surface area contributed by atoms with Gasteiger partial charge in [0.1, 0.15) is 0 Å². The van der Waals surface area contributed by atoms with Gasteiger partial charge < -0.3 is 10.4 Å². The Bertz CT molecular complexity index is 500. The number of pyridine rings is 1. The summed E-state index contributed by atoms with van der Waals surface area (Å²) in [5.74, 6) is -0.222. The molecule has 0 radical (unpaired) electrons. The van der Waals surface area contributed by atoms with E-state index in [0.29, 0.717) is 5.56 Å². The van der Waals surface area contributed by atoms with E-state index < -0.39 is 6.04 Å². The van der Waals surface area contributed by atoms with E-state index in [-0.39, 0.29) is 12.5 Å². The summed E-state index contributed by atoms with van der Waals surface area (Å²) in [7, 11) is 0. The quantitative estimate of drug-likeness (QED) is 0.855. The number of amides is 1. The van der Waals surface area contributed by atoms with Gasteiger partial charge in [0.2, 0.25) is 0 Å². The van der Waals surface area contributed by atoms with Crippen LogP contribution in [0.1, 0.15) is 22.0 Å². The molecule has 1 atom stereocenters. The van der Waals surface area contributed by atoms with Crippen molar-refractivity contribution in [2.24, 2.45) is 0 Å². The molecule has 0 aliphatic rings. The Morgan fingerprint density at radius 3 is 2.44 bits per heavy atom. The summed E-state index contributed by atoms with van der Waals surface area (Å²) in [5.41, 5.74) is 1.40. The number of hydrogen-bond donors (Lipinski definition) is 2. The number of benzene rings is 1. The zero-order chi connectivity index (χ0) is 12.8. The van der Waals surface area contributed by atoms with Crippen LogP contribution in [0.15, 0.2) is 54.9 Å². The fourth-order valence-electron chi connectivity index (χ4n) is 1.66.